The first-order valence-electron chi connectivity index (χ1n) is 5.02. The molecule has 1 aromatic carbocycles. The van der Waals surface area contributed by atoms with E-state index in [-0.39, 0.29) is 12.0 Å². The van der Waals surface area contributed by atoms with Crippen LogP contribution in [0.15, 0.2) is 18.2 Å². The fourth-order valence-electron chi connectivity index (χ4n) is 1.39. The zero-order valence-electron chi connectivity index (χ0n) is 9.50. The van der Waals surface area contributed by atoms with E-state index in [0.717, 1.165) is 6.07 Å². The lowest BCUT2D eigenvalue weighted by atomic mass is 9.96. The highest BCUT2D eigenvalue weighted by Gasteiger charge is 2.22. The maximum atomic E-state index is 13.3. The minimum absolute atomic E-state index is 0.161. The van der Waals surface area contributed by atoms with Gasteiger partial charge in [0.2, 0.25) is 0 Å². The van der Waals surface area contributed by atoms with Gasteiger partial charge in [-0.25, -0.2) is 8.78 Å². The molecule has 0 saturated heterocycles. The number of carbonyl (C=O) groups is 2. The number of hydrogen-bond donors (Lipinski definition) is 0. The second-order valence-corrected chi connectivity index (χ2v) is 3.65. The van der Waals surface area contributed by atoms with Gasteiger partial charge in [0, 0.05) is 5.92 Å². The Kier molecular flexibility index (Phi) is 4.31. The Morgan fingerprint density at radius 3 is 2.59 bits per heavy atom. The van der Waals surface area contributed by atoms with Crippen molar-refractivity contribution in [2.24, 2.45) is 5.92 Å². The first kappa shape index (κ1) is 13.3. The molecule has 0 aliphatic rings. The summed E-state index contributed by atoms with van der Waals surface area (Å²) in [6.07, 6.45) is -0.161. The van der Waals surface area contributed by atoms with Crippen LogP contribution in [-0.2, 0) is 9.53 Å². The Balaban J connectivity index is 2.89. The topological polar surface area (TPSA) is 43.4 Å². The maximum Gasteiger partial charge on any atom is 0.306 e. The van der Waals surface area contributed by atoms with Crippen LogP contribution in [0.5, 0.6) is 0 Å². The van der Waals surface area contributed by atoms with Crippen molar-refractivity contribution in [2.45, 2.75) is 13.3 Å². The molecule has 0 amide bonds. The monoisotopic (exact) mass is 242 g/mol. The zero-order valence-corrected chi connectivity index (χ0v) is 9.50. The molecule has 17 heavy (non-hydrogen) atoms. The highest BCUT2D eigenvalue weighted by atomic mass is 19.2. The molecule has 0 fully saturated rings. The van der Waals surface area contributed by atoms with Crippen LogP contribution in [-0.4, -0.2) is 18.9 Å². The second kappa shape index (κ2) is 5.52. The molecule has 3 nitrogen and oxygen atoms in total. The van der Waals surface area contributed by atoms with E-state index in [1.807, 2.05) is 0 Å². The van der Waals surface area contributed by atoms with E-state index < -0.39 is 29.3 Å². The first-order chi connectivity index (χ1) is 7.97. The molecular weight excluding hydrogens is 230 g/mol. The summed E-state index contributed by atoms with van der Waals surface area (Å²) < 4.78 is 30.6. The lowest BCUT2D eigenvalue weighted by molar-refractivity contribution is -0.141. The molecule has 0 heterocycles. The molecule has 1 rings (SSSR count). The summed E-state index contributed by atoms with van der Waals surface area (Å²) in [7, 11) is 1.20. The number of ether oxygens (including phenoxy) is 1. The van der Waals surface area contributed by atoms with Crippen LogP contribution in [0.4, 0.5) is 8.78 Å². The van der Waals surface area contributed by atoms with Gasteiger partial charge >= 0.3 is 5.97 Å². The molecule has 1 unspecified atom stereocenters. The predicted molar refractivity (Wildman–Crippen MR) is 56.5 cm³/mol. The highest BCUT2D eigenvalue weighted by molar-refractivity contribution is 5.99. The van der Waals surface area contributed by atoms with Crippen LogP contribution in [0.25, 0.3) is 0 Å². The Morgan fingerprint density at radius 1 is 1.35 bits per heavy atom. The summed E-state index contributed by atoms with van der Waals surface area (Å²) in [5.41, 5.74) is -0.346. The smallest absolute Gasteiger partial charge is 0.306 e. The third-order valence-corrected chi connectivity index (χ3v) is 2.37. The minimum atomic E-state index is -1.19. The third-order valence-electron chi connectivity index (χ3n) is 2.37. The van der Waals surface area contributed by atoms with Crippen molar-refractivity contribution in [1.29, 1.82) is 0 Å². The zero-order chi connectivity index (χ0) is 13.0. The highest BCUT2D eigenvalue weighted by Crippen LogP contribution is 2.17. The number of Topliss-reactive ketones (excluding diaryl/α,β-unsaturated/α-hetero) is 1. The van der Waals surface area contributed by atoms with E-state index >= 15 is 0 Å². The Bertz CT molecular complexity index is 443. The van der Waals surface area contributed by atoms with Gasteiger partial charge in [0.15, 0.2) is 17.4 Å². The van der Waals surface area contributed by atoms with Crippen molar-refractivity contribution in [1.82, 2.24) is 0 Å². The largest absolute Gasteiger partial charge is 0.469 e. The predicted octanol–water partition coefficient (Wildman–Crippen LogP) is 2.35. The number of carbonyl (C=O) groups excluding carboxylic acids is 2. The Hall–Kier alpha value is -1.78. The Labute approximate surface area is 97.4 Å². The summed E-state index contributed by atoms with van der Waals surface area (Å²) in [6.45, 7) is 1.46. The number of halogens is 2. The summed E-state index contributed by atoms with van der Waals surface area (Å²) in [4.78, 5) is 22.7. The minimum Gasteiger partial charge on any atom is -0.469 e. The van der Waals surface area contributed by atoms with Crippen molar-refractivity contribution in [3.63, 3.8) is 0 Å². The summed E-state index contributed by atoms with van der Waals surface area (Å²) >= 11 is 0. The molecule has 0 aromatic heterocycles. The van der Waals surface area contributed by atoms with E-state index in [1.165, 1.54) is 26.2 Å². The van der Waals surface area contributed by atoms with Gasteiger partial charge in [-0.2, -0.15) is 0 Å². The first-order valence-corrected chi connectivity index (χ1v) is 5.02. The van der Waals surface area contributed by atoms with Gasteiger partial charge in [-0.15, -0.1) is 0 Å². The number of methoxy groups -OCH3 is 1. The lowest BCUT2D eigenvalue weighted by Gasteiger charge is -2.09. The van der Waals surface area contributed by atoms with Gasteiger partial charge in [0.05, 0.1) is 19.1 Å². The standard InChI is InChI=1S/C12H12F2O3/c1-7(6-10(15)17-2)12(16)8-4-3-5-9(13)11(8)14/h3-5,7H,6H2,1-2H3. The van der Waals surface area contributed by atoms with E-state index in [9.17, 15) is 18.4 Å². The van der Waals surface area contributed by atoms with Gasteiger partial charge in [0.1, 0.15) is 0 Å². The fraction of sp³-hybridized carbons (Fsp3) is 0.333. The van der Waals surface area contributed by atoms with Crippen LogP contribution in [0.3, 0.4) is 0 Å². The summed E-state index contributed by atoms with van der Waals surface area (Å²) in [5.74, 6) is -4.20. The lowest BCUT2D eigenvalue weighted by Crippen LogP contribution is -2.18. The summed E-state index contributed by atoms with van der Waals surface area (Å²) in [5, 5.41) is 0. The number of rotatable bonds is 4. The molecule has 0 bridgehead atoms. The molecule has 0 aliphatic carbocycles. The molecule has 92 valence electrons. The second-order valence-electron chi connectivity index (χ2n) is 3.65. The van der Waals surface area contributed by atoms with Crippen LogP contribution in [0.2, 0.25) is 0 Å². The average Bonchev–Trinajstić information content (AvgIpc) is 2.31. The SMILES string of the molecule is COC(=O)CC(C)C(=O)c1cccc(F)c1F. The number of esters is 1. The van der Waals surface area contributed by atoms with Gasteiger partial charge in [-0.3, -0.25) is 9.59 Å². The number of hydrogen-bond acceptors (Lipinski definition) is 3. The maximum absolute atomic E-state index is 13.3. The molecule has 5 heteroatoms. The normalized spacial score (nSPS) is 12.0. The number of ketones is 1. The van der Waals surface area contributed by atoms with Crippen molar-refractivity contribution in [2.75, 3.05) is 7.11 Å². The number of benzene rings is 1. The average molecular weight is 242 g/mol. The molecule has 0 aliphatic heterocycles. The summed E-state index contributed by atoms with van der Waals surface area (Å²) in [6, 6.07) is 3.36. The van der Waals surface area contributed by atoms with Gasteiger partial charge in [0.25, 0.3) is 0 Å². The third kappa shape index (κ3) is 3.09. The van der Waals surface area contributed by atoms with Crippen molar-refractivity contribution in [3.05, 3.63) is 35.4 Å². The van der Waals surface area contributed by atoms with Gasteiger partial charge < -0.3 is 4.74 Å². The molecule has 0 saturated carbocycles. The van der Waals surface area contributed by atoms with Crippen LogP contribution >= 0.6 is 0 Å². The van der Waals surface area contributed by atoms with Crippen molar-refractivity contribution < 1.29 is 23.1 Å². The van der Waals surface area contributed by atoms with E-state index in [1.54, 1.807) is 0 Å². The van der Waals surface area contributed by atoms with Crippen LogP contribution in [0.1, 0.15) is 23.7 Å². The fourth-order valence-corrected chi connectivity index (χ4v) is 1.39. The van der Waals surface area contributed by atoms with E-state index in [0.29, 0.717) is 0 Å². The molecule has 0 spiro atoms. The molecule has 0 radical (unpaired) electrons. The quantitative estimate of drug-likeness (QED) is 0.601. The van der Waals surface area contributed by atoms with Crippen molar-refractivity contribution >= 4 is 11.8 Å². The van der Waals surface area contributed by atoms with E-state index in [2.05, 4.69) is 4.74 Å². The van der Waals surface area contributed by atoms with Crippen LogP contribution < -0.4 is 0 Å². The van der Waals surface area contributed by atoms with Gasteiger partial charge in [-0.05, 0) is 12.1 Å². The Morgan fingerprint density at radius 2 is 2.00 bits per heavy atom. The molecular formula is C12H12F2O3. The molecule has 0 N–H and O–H groups in total. The van der Waals surface area contributed by atoms with Crippen molar-refractivity contribution in [3.8, 4) is 0 Å². The van der Waals surface area contributed by atoms with Gasteiger partial charge in [-0.1, -0.05) is 13.0 Å². The van der Waals surface area contributed by atoms with Crippen LogP contribution in [0, 0.1) is 17.6 Å². The van der Waals surface area contributed by atoms with E-state index in [4.69, 9.17) is 0 Å². The molecule has 1 aromatic rings. The molecule has 1 atom stereocenters.